The van der Waals surface area contributed by atoms with Crippen molar-refractivity contribution in [3.8, 4) is 0 Å². The molecule has 0 aliphatic heterocycles. The van der Waals surface area contributed by atoms with Crippen LogP contribution in [-0.2, 0) is 11.3 Å². The van der Waals surface area contributed by atoms with Gasteiger partial charge in [-0.3, -0.25) is 14.4 Å². The molecule has 160 valence electrons. The fourth-order valence-electron chi connectivity index (χ4n) is 3.40. The zero-order valence-corrected chi connectivity index (χ0v) is 17.6. The van der Waals surface area contributed by atoms with Crippen LogP contribution in [0.1, 0.15) is 27.2 Å². The van der Waals surface area contributed by atoms with Gasteiger partial charge >= 0.3 is 0 Å². The zero-order chi connectivity index (χ0) is 22.8. The van der Waals surface area contributed by atoms with Crippen LogP contribution in [0.25, 0.3) is 11.0 Å². The predicted octanol–water partition coefficient (Wildman–Crippen LogP) is 4.02. The number of benzene rings is 2. The van der Waals surface area contributed by atoms with Gasteiger partial charge < -0.3 is 9.88 Å². The molecule has 0 unspecified atom stereocenters. The summed E-state index contributed by atoms with van der Waals surface area (Å²) in [7, 11) is 0. The lowest BCUT2D eigenvalue weighted by atomic mass is 10.0. The molecule has 1 N–H and O–H groups in total. The Bertz CT molecular complexity index is 1390. The molecule has 2 aromatic carbocycles. The summed E-state index contributed by atoms with van der Waals surface area (Å²) >= 11 is 0. The molecule has 32 heavy (non-hydrogen) atoms. The third kappa shape index (κ3) is 4.32. The van der Waals surface area contributed by atoms with E-state index < -0.39 is 17.0 Å². The summed E-state index contributed by atoms with van der Waals surface area (Å²) < 4.78 is 14.8. The van der Waals surface area contributed by atoms with Crippen molar-refractivity contribution in [2.75, 3.05) is 5.32 Å². The first kappa shape index (κ1) is 21.1. The average molecular weight is 429 g/mol. The number of hydrogen-bond donors (Lipinski definition) is 1. The van der Waals surface area contributed by atoms with E-state index in [4.69, 9.17) is 0 Å². The molecule has 0 saturated carbocycles. The Morgan fingerprint density at radius 1 is 0.969 bits per heavy atom. The van der Waals surface area contributed by atoms with Crippen molar-refractivity contribution < 1.29 is 14.0 Å². The van der Waals surface area contributed by atoms with E-state index in [1.165, 1.54) is 22.9 Å². The summed E-state index contributed by atoms with van der Waals surface area (Å²) in [6.45, 7) is 3.56. The normalized spacial score (nSPS) is 10.8. The number of carbonyl (C=O) groups is 2. The minimum absolute atomic E-state index is 0.0982. The number of carbonyl (C=O) groups excluding carboxylic acids is 2. The van der Waals surface area contributed by atoms with Gasteiger partial charge in [0.2, 0.25) is 11.3 Å². The van der Waals surface area contributed by atoms with Gasteiger partial charge in [0.05, 0.1) is 11.1 Å². The molecule has 1 amide bonds. The fourth-order valence-corrected chi connectivity index (χ4v) is 3.40. The number of nitrogens with one attached hydrogen (secondary N) is 1. The Hall–Kier alpha value is -4.13. The van der Waals surface area contributed by atoms with Gasteiger partial charge in [-0.15, -0.1) is 0 Å². The van der Waals surface area contributed by atoms with Gasteiger partial charge in [0, 0.05) is 23.1 Å². The summed E-state index contributed by atoms with van der Waals surface area (Å²) in [6.07, 6.45) is 1.36. The first-order valence-corrected chi connectivity index (χ1v) is 9.99. The minimum Gasteiger partial charge on any atom is -0.336 e. The van der Waals surface area contributed by atoms with Crippen molar-refractivity contribution in [1.29, 1.82) is 0 Å². The highest BCUT2D eigenvalue weighted by molar-refractivity contribution is 6.10. The van der Waals surface area contributed by atoms with E-state index in [-0.39, 0.29) is 29.1 Å². The molecule has 2 aromatic heterocycles. The molecule has 0 aliphatic rings. The SMILES string of the molecule is Cc1ccc(NC(=O)Cn2cc(C(=O)c3ccc(F)cc3)c(=O)c3nc(C)ccc32)cc1. The molecule has 7 heteroatoms. The van der Waals surface area contributed by atoms with E-state index in [2.05, 4.69) is 10.3 Å². The third-order valence-electron chi connectivity index (χ3n) is 5.07. The van der Waals surface area contributed by atoms with E-state index >= 15 is 0 Å². The number of rotatable bonds is 5. The summed E-state index contributed by atoms with van der Waals surface area (Å²) in [5.74, 6) is -1.37. The van der Waals surface area contributed by atoms with Crippen molar-refractivity contribution in [1.82, 2.24) is 9.55 Å². The van der Waals surface area contributed by atoms with Gasteiger partial charge in [-0.25, -0.2) is 9.37 Å². The van der Waals surface area contributed by atoms with Crippen molar-refractivity contribution in [3.63, 3.8) is 0 Å². The first-order chi connectivity index (χ1) is 15.3. The second-order valence-corrected chi connectivity index (χ2v) is 7.57. The van der Waals surface area contributed by atoms with E-state index in [0.29, 0.717) is 16.9 Å². The molecule has 0 bridgehead atoms. The summed E-state index contributed by atoms with van der Waals surface area (Å²) in [5, 5.41) is 2.81. The lowest BCUT2D eigenvalue weighted by molar-refractivity contribution is -0.116. The van der Waals surface area contributed by atoms with Gasteiger partial charge in [-0.1, -0.05) is 17.7 Å². The van der Waals surface area contributed by atoms with Crippen LogP contribution in [0.4, 0.5) is 10.1 Å². The molecule has 0 saturated heterocycles. The van der Waals surface area contributed by atoms with E-state index in [0.717, 1.165) is 17.7 Å². The highest BCUT2D eigenvalue weighted by Gasteiger charge is 2.19. The van der Waals surface area contributed by atoms with Crippen molar-refractivity contribution in [2.24, 2.45) is 0 Å². The molecule has 0 radical (unpaired) electrons. The predicted molar refractivity (Wildman–Crippen MR) is 120 cm³/mol. The van der Waals surface area contributed by atoms with Crippen LogP contribution in [0.2, 0.25) is 0 Å². The Morgan fingerprint density at radius 3 is 2.34 bits per heavy atom. The first-order valence-electron chi connectivity index (χ1n) is 9.99. The maximum Gasteiger partial charge on any atom is 0.244 e. The van der Waals surface area contributed by atoms with E-state index in [1.807, 2.05) is 19.1 Å². The third-order valence-corrected chi connectivity index (χ3v) is 5.07. The van der Waals surface area contributed by atoms with E-state index in [1.54, 1.807) is 31.2 Å². The number of aromatic nitrogens is 2. The minimum atomic E-state index is -0.562. The molecule has 2 heterocycles. The number of aryl methyl sites for hydroxylation is 2. The van der Waals surface area contributed by atoms with Crippen LogP contribution in [-0.4, -0.2) is 21.2 Å². The monoisotopic (exact) mass is 429 g/mol. The highest BCUT2D eigenvalue weighted by atomic mass is 19.1. The molecule has 0 atom stereocenters. The maximum absolute atomic E-state index is 13.3. The van der Waals surface area contributed by atoms with Gasteiger partial charge in [-0.05, 0) is 62.4 Å². The standard InChI is InChI=1S/C25H20FN3O3/c1-15-3-10-19(11-4-15)28-22(30)14-29-13-20(24(31)17-6-8-18(26)9-7-17)25(32)23-21(29)12-5-16(2)27-23/h3-13H,14H2,1-2H3,(H,28,30). The van der Waals surface area contributed by atoms with Gasteiger partial charge in [0.25, 0.3) is 0 Å². The second kappa shape index (κ2) is 8.55. The fraction of sp³-hybridized carbons (Fsp3) is 0.120. The number of pyridine rings is 2. The van der Waals surface area contributed by atoms with Crippen LogP contribution in [0.3, 0.4) is 0 Å². The molecule has 0 aliphatic carbocycles. The lowest BCUT2D eigenvalue weighted by Gasteiger charge is -2.13. The van der Waals surface area contributed by atoms with Gasteiger partial charge in [-0.2, -0.15) is 0 Å². The lowest BCUT2D eigenvalue weighted by Crippen LogP contribution is -2.25. The van der Waals surface area contributed by atoms with Crippen LogP contribution in [0.15, 0.2) is 71.7 Å². The Kier molecular flexibility index (Phi) is 5.64. The largest absolute Gasteiger partial charge is 0.336 e. The molecule has 6 nitrogen and oxygen atoms in total. The molecule has 4 aromatic rings. The quantitative estimate of drug-likeness (QED) is 0.486. The highest BCUT2D eigenvalue weighted by Crippen LogP contribution is 2.15. The number of halogens is 1. The summed E-state index contributed by atoms with van der Waals surface area (Å²) in [5.41, 5.74) is 2.36. The topological polar surface area (TPSA) is 81.1 Å². The number of hydrogen-bond acceptors (Lipinski definition) is 4. The second-order valence-electron chi connectivity index (χ2n) is 7.57. The van der Waals surface area contributed by atoms with Crippen LogP contribution in [0.5, 0.6) is 0 Å². The Labute approximate surface area is 183 Å². The molecular formula is C25H20FN3O3. The van der Waals surface area contributed by atoms with Crippen LogP contribution >= 0.6 is 0 Å². The smallest absolute Gasteiger partial charge is 0.244 e. The maximum atomic E-state index is 13.3. The van der Waals surface area contributed by atoms with Crippen molar-refractivity contribution in [3.05, 3.63) is 105 Å². The Morgan fingerprint density at radius 2 is 1.66 bits per heavy atom. The van der Waals surface area contributed by atoms with Gasteiger partial charge in [0.15, 0.2) is 5.78 Å². The zero-order valence-electron chi connectivity index (χ0n) is 17.6. The number of nitrogens with zero attached hydrogens (tertiary/aromatic N) is 2. The number of anilines is 1. The molecule has 4 rings (SSSR count). The number of amides is 1. The molecule has 0 fully saturated rings. The van der Waals surface area contributed by atoms with Crippen molar-refractivity contribution >= 4 is 28.4 Å². The number of fused-ring (bicyclic) bond motifs is 1. The van der Waals surface area contributed by atoms with Crippen molar-refractivity contribution in [2.45, 2.75) is 20.4 Å². The number of ketones is 1. The average Bonchev–Trinajstić information content (AvgIpc) is 2.77. The summed E-state index contributed by atoms with van der Waals surface area (Å²) in [6, 6.07) is 15.7. The Balaban J connectivity index is 1.75. The van der Waals surface area contributed by atoms with Gasteiger partial charge in [0.1, 0.15) is 17.9 Å². The molecule has 0 spiro atoms. The summed E-state index contributed by atoms with van der Waals surface area (Å²) in [4.78, 5) is 43.1. The van der Waals surface area contributed by atoms with E-state index in [9.17, 15) is 18.8 Å². The molecular weight excluding hydrogens is 409 g/mol. The van der Waals surface area contributed by atoms with Crippen LogP contribution in [0, 0.1) is 19.7 Å². The van der Waals surface area contributed by atoms with Crippen LogP contribution < -0.4 is 10.7 Å².